The number of nitrogens with zero attached hydrogens (tertiary/aromatic N) is 7. The Morgan fingerprint density at radius 1 is 1.07 bits per heavy atom. The zero-order chi connectivity index (χ0) is 31.0. The minimum atomic E-state index is -4.67. The number of aryl methyl sites for hydroxylation is 1. The summed E-state index contributed by atoms with van der Waals surface area (Å²) in [7, 11) is 0. The molecule has 0 spiro atoms. The number of benzene rings is 1. The number of hydrogen-bond acceptors (Lipinski definition) is 5. The minimum absolute atomic E-state index is 0.0639. The SMILES string of the molecule is C#CCn1cc(-c2cnc3c(Cc4ccc(C(=O)N5CCN(C(=O)C6CCCC6)CC5)c(C)c4)nccn23)c(C(F)(F)F)n1. The van der Waals surface area contributed by atoms with Gasteiger partial charge in [-0.1, -0.05) is 30.9 Å². The Labute approximate surface area is 252 Å². The van der Waals surface area contributed by atoms with Crippen molar-refractivity contribution in [1.29, 1.82) is 0 Å². The lowest BCUT2D eigenvalue weighted by Crippen LogP contribution is -2.51. The molecule has 2 amide bonds. The Morgan fingerprint density at radius 3 is 2.48 bits per heavy atom. The van der Waals surface area contributed by atoms with Gasteiger partial charge >= 0.3 is 6.18 Å². The first-order valence-electron chi connectivity index (χ1n) is 14.7. The second-order valence-electron chi connectivity index (χ2n) is 11.4. The normalized spacial score (nSPS) is 16.1. The molecular weight excluding hydrogens is 571 g/mol. The molecule has 6 rings (SSSR count). The van der Waals surface area contributed by atoms with Crippen molar-refractivity contribution in [2.45, 2.75) is 51.7 Å². The minimum Gasteiger partial charge on any atom is -0.339 e. The van der Waals surface area contributed by atoms with Gasteiger partial charge < -0.3 is 9.80 Å². The maximum atomic E-state index is 13.8. The van der Waals surface area contributed by atoms with Crippen molar-refractivity contribution in [3.05, 3.63) is 71.1 Å². The van der Waals surface area contributed by atoms with E-state index in [-0.39, 0.29) is 35.5 Å². The van der Waals surface area contributed by atoms with Crippen molar-refractivity contribution in [3.8, 4) is 23.6 Å². The summed E-state index contributed by atoms with van der Waals surface area (Å²) in [5, 5.41) is 3.66. The molecular formula is C32H32F3N7O2. The van der Waals surface area contributed by atoms with Gasteiger partial charge in [-0.05, 0) is 37.0 Å². The Morgan fingerprint density at radius 2 is 1.80 bits per heavy atom. The van der Waals surface area contributed by atoms with Gasteiger partial charge in [0.15, 0.2) is 11.3 Å². The first kappa shape index (κ1) is 29.4. The molecule has 0 bridgehead atoms. The summed E-state index contributed by atoms with van der Waals surface area (Å²) in [6.45, 7) is 3.89. The van der Waals surface area contributed by atoms with Crippen LogP contribution in [0.2, 0.25) is 0 Å². The van der Waals surface area contributed by atoms with E-state index in [1.54, 1.807) is 21.6 Å². The average Bonchev–Trinajstić information content (AvgIpc) is 3.77. The van der Waals surface area contributed by atoms with Crippen molar-refractivity contribution < 1.29 is 22.8 Å². The van der Waals surface area contributed by atoms with Crippen LogP contribution in [0.15, 0.2) is 43.0 Å². The Kier molecular flexibility index (Phi) is 7.88. The summed E-state index contributed by atoms with van der Waals surface area (Å²) in [6, 6.07) is 5.59. The number of halogens is 3. The molecule has 3 aromatic heterocycles. The zero-order valence-electron chi connectivity index (χ0n) is 24.3. The highest BCUT2D eigenvalue weighted by atomic mass is 19.4. The highest BCUT2D eigenvalue weighted by molar-refractivity contribution is 5.96. The van der Waals surface area contributed by atoms with Crippen LogP contribution in [0.25, 0.3) is 16.9 Å². The Bertz CT molecular complexity index is 1750. The van der Waals surface area contributed by atoms with E-state index in [4.69, 9.17) is 6.42 Å². The number of terminal acetylenes is 1. The number of carbonyl (C=O) groups excluding carboxylic acids is 2. The van der Waals surface area contributed by atoms with Crippen molar-refractivity contribution in [2.24, 2.45) is 5.92 Å². The second-order valence-corrected chi connectivity index (χ2v) is 11.4. The van der Waals surface area contributed by atoms with Crippen LogP contribution < -0.4 is 0 Å². The first-order chi connectivity index (χ1) is 21.1. The second kappa shape index (κ2) is 11.8. The molecule has 0 N–H and O–H groups in total. The highest BCUT2D eigenvalue weighted by Crippen LogP contribution is 2.36. The number of hydrogen-bond donors (Lipinski definition) is 0. The predicted molar refractivity (Wildman–Crippen MR) is 156 cm³/mol. The molecule has 2 fully saturated rings. The maximum Gasteiger partial charge on any atom is 0.435 e. The van der Waals surface area contributed by atoms with Crippen LogP contribution in [0, 0.1) is 25.2 Å². The van der Waals surface area contributed by atoms with E-state index in [0.717, 1.165) is 41.5 Å². The van der Waals surface area contributed by atoms with E-state index in [0.29, 0.717) is 49.5 Å². The van der Waals surface area contributed by atoms with Gasteiger partial charge in [0.2, 0.25) is 5.91 Å². The number of amides is 2. The average molecular weight is 604 g/mol. The number of carbonyl (C=O) groups is 2. The van der Waals surface area contributed by atoms with E-state index >= 15 is 0 Å². The van der Waals surface area contributed by atoms with E-state index in [1.165, 1.54) is 18.6 Å². The topological polar surface area (TPSA) is 88.6 Å². The van der Waals surface area contributed by atoms with Crippen molar-refractivity contribution in [3.63, 3.8) is 0 Å². The van der Waals surface area contributed by atoms with E-state index < -0.39 is 11.9 Å². The van der Waals surface area contributed by atoms with Gasteiger partial charge in [-0.3, -0.25) is 23.7 Å². The highest BCUT2D eigenvalue weighted by Gasteiger charge is 2.38. The number of alkyl halides is 3. The molecule has 4 aromatic rings. The summed E-state index contributed by atoms with van der Waals surface area (Å²) in [5.41, 5.74) is 2.35. The van der Waals surface area contributed by atoms with Crippen LogP contribution in [0.1, 0.15) is 58.6 Å². The van der Waals surface area contributed by atoms with Gasteiger partial charge in [-0.2, -0.15) is 18.3 Å². The number of fused-ring (bicyclic) bond motifs is 1. The predicted octanol–water partition coefficient (Wildman–Crippen LogP) is 4.62. The van der Waals surface area contributed by atoms with Crippen LogP contribution in [0.3, 0.4) is 0 Å². The molecule has 9 nitrogen and oxygen atoms in total. The summed E-state index contributed by atoms with van der Waals surface area (Å²) < 4.78 is 44.1. The molecule has 0 radical (unpaired) electrons. The molecule has 0 atom stereocenters. The third-order valence-electron chi connectivity index (χ3n) is 8.54. The smallest absolute Gasteiger partial charge is 0.339 e. The van der Waals surface area contributed by atoms with Gasteiger partial charge in [-0.15, -0.1) is 6.42 Å². The summed E-state index contributed by atoms with van der Waals surface area (Å²) in [6.07, 6.45) is 10.9. The van der Waals surface area contributed by atoms with Gasteiger partial charge in [0.05, 0.1) is 23.1 Å². The molecule has 0 unspecified atom stereocenters. The van der Waals surface area contributed by atoms with Crippen LogP contribution in [0.5, 0.6) is 0 Å². The van der Waals surface area contributed by atoms with Gasteiger partial charge in [0.1, 0.15) is 6.54 Å². The molecule has 1 saturated heterocycles. The lowest BCUT2D eigenvalue weighted by atomic mass is 10.0. The molecule has 2 aliphatic rings. The Balaban J connectivity index is 1.18. The molecule has 228 valence electrons. The monoisotopic (exact) mass is 603 g/mol. The lowest BCUT2D eigenvalue weighted by Gasteiger charge is -2.36. The number of aromatic nitrogens is 5. The maximum absolute atomic E-state index is 13.8. The molecule has 44 heavy (non-hydrogen) atoms. The standard InChI is InChI=1S/C32H32F3N7O2/c1-3-11-41-20-25(28(38-41)32(33,34)35)27-19-37-29-26(36-10-12-42(27)29)18-22-8-9-24(21(2)17-22)31(44)40-15-13-39(14-16-40)30(43)23-6-4-5-7-23/h1,8-10,12,17,19-20,23H,4-7,11,13-16,18H2,2H3. The molecule has 12 heteroatoms. The molecule has 4 heterocycles. The Hall–Kier alpha value is -4.66. The van der Waals surface area contributed by atoms with E-state index in [1.807, 2.05) is 24.0 Å². The van der Waals surface area contributed by atoms with Crippen molar-refractivity contribution in [2.75, 3.05) is 26.2 Å². The van der Waals surface area contributed by atoms with Crippen molar-refractivity contribution in [1.82, 2.24) is 33.9 Å². The van der Waals surface area contributed by atoms with Crippen LogP contribution in [-0.4, -0.2) is 71.9 Å². The molecule has 1 aliphatic heterocycles. The summed E-state index contributed by atoms with van der Waals surface area (Å²) in [4.78, 5) is 38.7. The molecule has 1 aliphatic carbocycles. The van der Waals surface area contributed by atoms with Gasteiger partial charge in [-0.25, -0.2) is 4.98 Å². The fraction of sp³-hybridized carbons (Fsp3) is 0.406. The van der Waals surface area contributed by atoms with Gasteiger partial charge in [0.25, 0.3) is 5.91 Å². The van der Waals surface area contributed by atoms with E-state index in [9.17, 15) is 22.8 Å². The van der Waals surface area contributed by atoms with Crippen LogP contribution >= 0.6 is 0 Å². The quantitative estimate of drug-likeness (QED) is 0.300. The third-order valence-corrected chi connectivity index (χ3v) is 8.54. The third kappa shape index (κ3) is 5.66. The fourth-order valence-corrected chi connectivity index (χ4v) is 6.29. The summed E-state index contributed by atoms with van der Waals surface area (Å²) >= 11 is 0. The number of imidazole rings is 1. The van der Waals surface area contributed by atoms with Gasteiger partial charge in [0, 0.05) is 62.7 Å². The van der Waals surface area contributed by atoms with Crippen LogP contribution in [0.4, 0.5) is 13.2 Å². The molecule has 1 saturated carbocycles. The van der Waals surface area contributed by atoms with Crippen molar-refractivity contribution >= 4 is 17.5 Å². The number of piperazine rings is 1. The first-order valence-corrected chi connectivity index (χ1v) is 14.7. The fourth-order valence-electron chi connectivity index (χ4n) is 6.29. The molecule has 1 aromatic carbocycles. The largest absolute Gasteiger partial charge is 0.435 e. The van der Waals surface area contributed by atoms with Crippen LogP contribution in [-0.2, 0) is 23.9 Å². The lowest BCUT2D eigenvalue weighted by molar-refractivity contribution is -0.141. The van der Waals surface area contributed by atoms with E-state index in [2.05, 4.69) is 21.0 Å². The zero-order valence-corrected chi connectivity index (χ0v) is 24.3. The number of rotatable bonds is 6. The summed E-state index contributed by atoms with van der Waals surface area (Å²) in [5.74, 6) is 2.60.